The molecule has 0 saturated heterocycles. The fraction of sp³-hybridized carbons (Fsp3) is 0. The third-order valence-electron chi connectivity index (χ3n) is 1.99. The second-order valence-electron chi connectivity index (χ2n) is 3.18. The molecule has 0 saturated carbocycles. The molecule has 1 aromatic carbocycles. The Labute approximate surface area is 107 Å². The lowest BCUT2D eigenvalue weighted by Crippen LogP contribution is -2.12. The van der Waals surface area contributed by atoms with E-state index in [1.165, 1.54) is 6.20 Å². The molecule has 0 aliphatic rings. The van der Waals surface area contributed by atoms with E-state index in [0.717, 1.165) is 11.5 Å². The number of nitrogens with zero attached hydrogens (tertiary/aromatic N) is 2. The second kappa shape index (κ2) is 4.98. The third-order valence-corrected chi connectivity index (χ3v) is 2.89. The van der Waals surface area contributed by atoms with Crippen molar-refractivity contribution in [1.82, 2.24) is 9.59 Å². The first kappa shape index (κ1) is 11.6. The first-order valence-electron chi connectivity index (χ1n) is 4.65. The van der Waals surface area contributed by atoms with E-state index >= 15 is 0 Å². The number of nitrogens with one attached hydrogen (secondary N) is 1. The molecule has 0 bridgehead atoms. The van der Waals surface area contributed by atoms with E-state index in [1.54, 1.807) is 24.3 Å². The summed E-state index contributed by atoms with van der Waals surface area (Å²) in [4.78, 5) is 12.5. The number of thiocarbonyl (C=S) groups is 1. The molecule has 7 heteroatoms. The van der Waals surface area contributed by atoms with E-state index < -0.39 is 0 Å². The highest BCUT2D eigenvalue weighted by Gasteiger charge is 2.08. The smallest absolute Gasteiger partial charge is 0.269 e. The van der Waals surface area contributed by atoms with Gasteiger partial charge in [-0.3, -0.25) is 4.79 Å². The molecule has 86 valence electrons. The van der Waals surface area contributed by atoms with Gasteiger partial charge in [0.05, 0.1) is 6.20 Å². The van der Waals surface area contributed by atoms with Crippen molar-refractivity contribution in [3.63, 3.8) is 0 Å². The van der Waals surface area contributed by atoms with Crippen molar-refractivity contribution in [2.45, 2.75) is 0 Å². The van der Waals surface area contributed by atoms with Crippen molar-refractivity contribution < 1.29 is 4.79 Å². The average Bonchev–Trinajstić information content (AvgIpc) is 2.82. The molecule has 3 N–H and O–H groups in total. The number of benzene rings is 1. The summed E-state index contributed by atoms with van der Waals surface area (Å²) in [6, 6.07) is 7.03. The van der Waals surface area contributed by atoms with Crippen molar-refractivity contribution >= 4 is 40.3 Å². The maximum atomic E-state index is 11.7. The minimum atomic E-state index is -0.250. The average molecular weight is 264 g/mol. The molecule has 0 spiro atoms. The molecule has 0 unspecified atom stereocenters. The third kappa shape index (κ3) is 2.83. The number of aromatic nitrogens is 2. The number of rotatable bonds is 3. The largest absolute Gasteiger partial charge is 0.389 e. The maximum absolute atomic E-state index is 11.7. The van der Waals surface area contributed by atoms with E-state index in [0.29, 0.717) is 21.1 Å². The minimum absolute atomic E-state index is 0.250. The Kier molecular flexibility index (Phi) is 3.40. The van der Waals surface area contributed by atoms with Gasteiger partial charge < -0.3 is 11.1 Å². The van der Waals surface area contributed by atoms with Crippen molar-refractivity contribution in [3.8, 4) is 0 Å². The van der Waals surface area contributed by atoms with Gasteiger partial charge in [-0.1, -0.05) is 28.8 Å². The molecule has 0 aliphatic carbocycles. The second-order valence-corrected chi connectivity index (χ2v) is 4.41. The standard InChI is InChI=1S/C10H8N4OS2/c11-9(16)6-2-1-3-7(4-6)13-10(15)8-5-12-14-17-8/h1-5H,(H2,11,16)(H,13,15). The van der Waals surface area contributed by atoms with E-state index in [1.807, 2.05) is 0 Å². The molecule has 0 aliphatic heterocycles. The molecule has 1 amide bonds. The van der Waals surface area contributed by atoms with Crippen molar-refractivity contribution in [3.05, 3.63) is 40.9 Å². The Morgan fingerprint density at radius 1 is 1.47 bits per heavy atom. The summed E-state index contributed by atoms with van der Waals surface area (Å²) >= 11 is 5.90. The Morgan fingerprint density at radius 2 is 2.29 bits per heavy atom. The molecule has 0 radical (unpaired) electrons. The summed E-state index contributed by atoms with van der Waals surface area (Å²) in [5.74, 6) is -0.250. The zero-order valence-electron chi connectivity index (χ0n) is 8.58. The number of anilines is 1. The van der Waals surface area contributed by atoms with Crippen LogP contribution in [0.1, 0.15) is 15.2 Å². The number of hydrogen-bond acceptors (Lipinski definition) is 5. The monoisotopic (exact) mass is 264 g/mol. The quantitative estimate of drug-likeness (QED) is 0.820. The highest BCUT2D eigenvalue weighted by atomic mass is 32.1. The lowest BCUT2D eigenvalue weighted by Gasteiger charge is -2.04. The van der Waals surface area contributed by atoms with Gasteiger partial charge in [0.25, 0.3) is 5.91 Å². The number of nitrogens with two attached hydrogens (primary N) is 1. The van der Waals surface area contributed by atoms with Gasteiger partial charge in [0, 0.05) is 11.3 Å². The van der Waals surface area contributed by atoms with Crippen LogP contribution in [0.25, 0.3) is 0 Å². The summed E-state index contributed by atoms with van der Waals surface area (Å²) in [6.45, 7) is 0. The van der Waals surface area contributed by atoms with E-state index in [-0.39, 0.29) is 5.91 Å². The first-order chi connectivity index (χ1) is 8.16. The van der Waals surface area contributed by atoms with Crippen LogP contribution in [0.15, 0.2) is 30.5 Å². The molecule has 17 heavy (non-hydrogen) atoms. The fourth-order valence-electron chi connectivity index (χ4n) is 1.21. The van der Waals surface area contributed by atoms with Crippen LogP contribution in [0.3, 0.4) is 0 Å². The maximum Gasteiger partial charge on any atom is 0.269 e. The van der Waals surface area contributed by atoms with Crippen LogP contribution in [-0.2, 0) is 0 Å². The highest BCUT2D eigenvalue weighted by molar-refractivity contribution is 7.80. The molecule has 0 fully saturated rings. The number of carbonyl (C=O) groups is 1. The van der Waals surface area contributed by atoms with E-state index in [9.17, 15) is 4.79 Å². The van der Waals surface area contributed by atoms with Gasteiger partial charge >= 0.3 is 0 Å². The van der Waals surface area contributed by atoms with E-state index in [4.69, 9.17) is 18.0 Å². The van der Waals surface area contributed by atoms with Gasteiger partial charge in [-0.2, -0.15) is 0 Å². The Hall–Kier alpha value is -1.86. The van der Waals surface area contributed by atoms with Crippen LogP contribution in [0.5, 0.6) is 0 Å². The van der Waals surface area contributed by atoms with Gasteiger partial charge in [0.1, 0.15) is 9.87 Å². The lowest BCUT2D eigenvalue weighted by molar-refractivity contribution is 0.103. The van der Waals surface area contributed by atoms with Gasteiger partial charge in [-0.25, -0.2) is 0 Å². The summed E-state index contributed by atoms with van der Waals surface area (Å²) in [5, 5.41) is 6.31. The lowest BCUT2D eigenvalue weighted by atomic mass is 10.2. The normalized spacial score (nSPS) is 9.88. The van der Waals surface area contributed by atoms with Crippen molar-refractivity contribution in [2.24, 2.45) is 5.73 Å². The predicted molar refractivity (Wildman–Crippen MR) is 70.2 cm³/mol. The molecule has 2 aromatic rings. The first-order valence-corrected chi connectivity index (χ1v) is 5.83. The van der Waals surface area contributed by atoms with Gasteiger partial charge in [-0.15, -0.1) is 5.10 Å². The zero-order chi connectivity index (χ0) is 12.3. The molecular formula is C10H8N4OS2. The number of carbonyl (C=O) groups excluding carboxylic acids is 1. The van der Waals surface area contributed by atoms with Crippen molar-refractivity contribution in [2.75, 3.05) is 5.32 Å². The Bertz CT molecular complexity index is 553. The van der Waals surface area contributed by atoms with Gasteiger partial charge in [-0.05, 0) is 23.7 Å². The molecule has 2 rings (SSSR count). The highest BCUT2D eigenvalue weighted by Crippen LogP contribution is 2.13. The van der Waals surface area contributed by atoms with Crippen molar-refractivity contribution in [1.29, 1.82) is 0 Å². The minimum Gasteiger partial charge on any atom is -0.389 e. The van der Waals surface area contributed by atoms with Crippen LogP contribution in [0, 0.1) is 0 Å². The van der Waals surface area contributed by atoms with Crippen LogP contribution in [0.2, 0.25) is 0 Å². The fourth-order valence-corrected chi connectivity index (χ4v) is 1.75. The Balaban J connectivity index is 2.16. The summed E-state index contributed by atoms with van der Waals surface area (Å²) in [6.07, 6.45) is 1.41. The molecule has 1 aromatic heterocycles. The number of hydrogen-bond donors (Lipinski definition) is 2. The summed E-state index contributed by atoms with van der Waals surface area (Å²) < 4.78 is 3.62. The molecule has 1 heterocycles. The van der Waals surface area contributed by atoms with E-state index in [2.05, 4.69) is 14.9 Å². The van der Waals surface area contributed by atoms with Crippen LogP contribution in [-0.4, -0.2) is 20.5 Å². The zero-order valence-corrected chi connectivity index (χ0v) is 10.2. The van der Waals surface area contributed by atoms with Crippen LogP contribution in [0.4, 0.5) is 5.69 Å². The van der Waals surface area contributed by atoms with Crippen LogP contribution >= 0.6 is 23.8 Å². The summed E-state index contributed by atoms with van der Waals surface area (Å²) in [7, 11) is 0. The molecular weight excluding hydrogens is 256 g/mol. The Morgan fingerprint density at radius 3 is 2.94 bits per heavy atom. The van der Waals surface area contributed by atoms with Gasteiger partial charge in [0.2, 0.25) is 0 Å². The summed E-state index contributed by atoms with van der Waals surface area (Å²) in [5.41, 5.74) is 6.85. The molecule has 5 nitrogen and oxygen atoms in total. The van der Waals surface area contributed by atoms with Crippen LogP contribution < -0.4 is 11.1 Å². The predicted octanol–water partition coefficient (Wildman–Crippen LogP) is 1.42. The molecule has 0 atom stereocenters. The topological polar surface area (TPSA) is 80.9 Å². The number of amides is 1. The SMILES string of the molecule is NC(=S)c1cccc(NC(=O)c2cnns2)c1. The van der Waals surface area contributed by atoms with Gasteiger partial charge in [0.15, 0.2) is 0 Å².